The zero-order chi connectivity index (χ0) is 29.4. The maximum Gasteiger partial charge on any atom is 0.346 e. The first kappa shape index (κ1) is 31.6. The lowest BCUT2D eigenvalue weighted by Gasteiger charge is -2.13. The lowest BCUT2D eigenvalue weighted by atomic mass is 10.1. The fraction of sp³-hybridized carbons (Fsp3) is 0.133. The third kappa shape index (κ3) is 7.62. The van der Waals surface area contributed by atoms with E-state index >= 15 is 0 Å². The van der Waals surface area contributed by atoms with Crippen molar-refractivity contribution in [2.75, 3.05) is 13.1 Å². The van der Waals surface area contributed by atoms with Gasteiger partial charge in [-0.05, 0) is 66.9 Å². The molecule has 2 aromatic heterocycles. The van der Waals surface area contributed by atoms with Crippen LogP contribution < -0.4 is 16.9 Å². The van der Waals surface area contributed by atoms with Gasteiger partial charge in [-0.3, -0.25) is 24.1 Å². The summed E-state index contributed by atoms with van der Waals surface area (Å²) < 4.78 is 4.35. The van der Waals surface area contributed by atoms with Crippen molar-refractivity contribution < 1.29 is 23.9 Å². The van der Waals surface area contributed by atoms with E-state index in [1.807, 2.05) is 6.07 Å². The number of pyridine rings is 2. The summed E-state index contributed by atoms with van der Waals surface area (Å²) in [7, 11) is 0. The van der Waals surface area contributed by atoms with Crippen molar-refractivity contribution in [3.8, 4) is 0 Å². The quantitative estimate of drug-likeness (QED) is 0.171. The number of hydrogen-bond acceptors (Lipinski definition) is 8. The summed E-state index contributed by atoms with van der Waals surface area (Å²) in [5.74, 6) is -1.64. The van der Waals surface area contributed by atoms with Gasteiger partial charge in [0.25, 0.3) is 11.8 Å². The molecule has 2 aliphatic heterocycles. The molecule has 0 radical (unpaired) electrons. The van der Waals surface area contributed by atoms with Gasteiger partial charge in [0.05, 0.1) is 22.3 Å². The molecule has 0 unspecified atom stereocenters. The number of esters is 2. The van der Waals surface area contributed by atoms with Crippen LogP contribution in [0.3, 0.4) is 0 Å². The number of fused-ring (bicyclic) bond motifs is 2. The number of rotatable bonds is 5. The molecular weight excluding hydrogens is 608 g/mol. The highest BCUT2D eigenvalue weighted by Gasteiger charge is 2.34. The van der Waals surface area contributed by atoms with Gasteiger partial charge in [-0.2, -0.15) is 0 Å². The number of halogens is 1. The van der Waals surface area contributed by atoms with Crippen LogP contribution in [-0.4, -0.2) is 51.7 Å². The molecule has 2 amide bonds. The smallest absolute Gasteiger partial charge is 0.346 e. The average molecular weight is 635 g/mol. The summed E-state index contributed by atoms with van der Waals surface area (Å²) in [5, 5.41) is 0. The first-order valence-electron chi connectivity index (χ1n) is 12.6. The van der Waals surface area contributed by atoms with Crippen molar-refractivity contribution >= 4 is 40.7 Å². The molecule has 2 aliphatic rings. The summed E-state index contributed by atoms with van der Waals surface area (Å²) in [6.07, 6.45) is 4.42. The molecule has 4 aromatic rings. The van der Waals surface area contributed by atoms with Crippen LogP contribution in [-0.2, 0) is 17.6 Å². The molecule has 4 N–H and O–H groups in total. The zero-order valence-electron chi connectivity index (χ0n) is 22.2. The minimum Gasteiger partial charge on any atom is -0.386 e. The number of aromatic nitrogens is 2. The molecule has 0 bridgehead atoms. The molecule has 0 saturated carbocycles. The van der Waals surface area contributed by atoms with Gasteiger partial charge in [0.15, 0.2) is 0 Å². The summed E-state index contributed by atoms with van der Waals surface area (Å²) in [6.45, 7) is 0.860. The van der Waals surface area contributed by atoms with Crippen LogP contribution in [0.25, 0.3) is 0 Å². The number of hydrogen-bond donors (Lipinski definition) is 3. The standard InChI is InChI=1S/C15H12N2O3.C8H4O3.C7H10N2O.BrH/c18-13-9-10(5-7-16-13)6-8-17-14(19)11-3-1-2-4-12(11)15(17)20;9-7-5-3-1-2-4-6(5)8(10)11-7;8-3-1-6-2-4-9-7(10)5-6;/h1-5,7,9H,6,8H2,(H,16,18);1-4H;2,4-5H,1,3,8H2,(H,9,10);1H. The van der Waals surface area contributed by atoms with Gasteiger partial charge in [0.1, 0.15) is 0 Å². The Balaban J connectivity index is 0.000000187. The molecule has 12 heteroatoms. The second-order valence-electron chi connectivity index (χ2n) is 8.94. The lowest BCUT2D eigenvalue weighted by molar-refractivity contribution is 0.0442. The van der Waals surface area contributed by atoms with Crippen LogP contribution in [0.15, 0.2) is 94.8 Å². The maximum absolute atomic E-state index is 12.1. The zero-order valence-corrected chi connectivity index (χ0v) is 23.9. The van der Waals surface area contributed by atoms with E-state index in [4.69, 9.17) is 5.73 Å². The number of cyclic esters (lactones) is 2. The van der Waals surface area contributed by atoms with Crippen LogP contribution in [0.2, 0.25) is 0 Å². The summed E-state index contributed by atoms with van der Waals surface area (Å²) in [5.41, 5.74) is 8.45. The highest BCUT2D eigenvalue weighted by Crippen LogP contribution is 2.22. The number of H-pyrrole nitrogens is 2. The highest BCUT2D eigenvalue weighted by molar-refractivity contribution is 8.93. The molecule has 6 rings (SSSR count). The van der Waals surface area contributed by atoms with Crippen LogP contribution in [0.4, 0.5) is 0 Å². The number of nitrogens with two attached hydrogens (primary N) is 1. The van der Waals surface area contributed by atoms with Crippen molar-refractivity contribution in [2.24, 2.45) is 5.73 Å². The Morgan fingerprint density at radius 2 is 1.05 bits per heavy atom. The van der Waals surface area contributed by atoms with Gasteiger partial charge < -0.3 is 20.4 Å². The van der Waals surface area contributed by atoms with Crippen LogP contribution in [0.1, 0.15) is 52.6 Å². The fourth-order valence-corrected chi connectivity index (χ4v) is 4.17. The summed E-state index contributed by atoms with van der Waals surface area (Å²) in [6, 6.07) is 20.0. The second-order valence-corrected chi connectivity index (χ2v) is 8.94. The van der Waals surface area contributed by atoms with Gasteiger partial charge in [-0.25, -0.2) is 9.59 Å². The number of nitrogens with one attached hydrogen (secondary N) is 2. The molecule has 42 heavy (non-hydrogen) atoms. The van der Waals surface area contributed by atoms with Crippen molar-refractivity contribution in [1.29, 1.82) is 0 Å². The van der Waals surface area contributed by atoms with E-state index in [-0.39, 0.29) is 46.5 Å². The fourth-order valence-electron chi connectivity index (χ4n) is 4.17. The van der Waals surface area contributed by atoms with Crippen LogP contribution in [0, 0.1) is 0 Å². The number of carbonyl (C=O) groups is 4. The van der Waals surface area contributed by atoms with Gasteiger partial charge >= 0.3 is 11.9 Å². The number of imide groups is 1. The molecule has 0 spiro atoms. The minimum atomic E-state index is -0.550. The number of nitrogens with zero attached hydrogens (tertiary/aromatic N) is 1. The number of aromatic amines is 2. The monoisotopic (exact) mass is 634 g/mol. The third-order valence-electron chi connectivity index (χ3n) is 6.17. The summed E-state index contributed by atoms with van der Waals surface area (Å²) >= 11 is 0. The number of amides is 2. The Hall–Kier alpha value is -4.94. The normalized spacial score (nSPS) is 12.6. The van der Waals surface area contributed by atoms with Gasteiger partial charge in [-0.15, -0.1) is 17.0 Å². The van der Waals surface area contributed by atoms with Gasteiger partial charge in [-0.1, -0.05) is 24.3 Å². The van der Waals surface area contributed by atoms with Crippen molar-refractivity contribution in [2.45, 2.75) is 12.8 Å². The predicted molar refractivity (Wildman–Crippen MR) is 159 cm³/mol. The van der Waals surface area contributed by atoms with Crippen molar-refractivity contribution in [3.05, 3.63) is 139 Å². The van der Waals surface area contributed by atoms with E-state index in [0.717, 1.165) is 17.5 Å². The van der Waals surface area contributed by atoms with E-state index in [0.29, 0.717) is 35.2 Å². The first-order chi connectivity index (χ1) is 19.8. The Labute approximate surface area is 250 Å². The van der Waals surface area contributed by atoms with E-state index in [1.165, 1.54) is 11.0 Å². The Kier molecular flexibility index (Phi) is 11.0. The largest absolute Gasteiger partial charge is 0.386 e. The van der Waals surface area contributed by atoms with E-state index < -0.39 is 11.9 Å². The Bertz CT molecular complexity index is 1660. The van der Waals surface area contributed by atoms with Crippen LogP contribution in [0.5, 0.6) is 0 Å². The topological polar surface area (TPSA) is 172 Å². The minimum absolute atomic E-state index is 0. The van der Waals surface area contributed by atoms with E-state index in [1.54, 1.807) is 73.1 Å². The molecule has 4 heterocycles. The lowest BCUT2D eigenvalue weighted by Crippen LogP contribution is -2.31. The van der Waals surface area contributed by atoms with Gasteiger partial charge in [0, 0.05) is 31.1 Å². The first-order valence-corrected chi connectivity index (χ1v) is 12.6. The molecule has 0 saturated heterocycles. The highest BCUT2D eigenvalue weighted by atomic mass is 79.9. The van der Waals surface area contributed by atoms with Crippen LogP contribution >= 0.6 is 17.0 Å². The molecule has 0 aliphatic carbocycles. The Morgan fingerprint density at radius 1 is 0.619 bits per heavy atom. The number of ether oxygens (including phenoxy) is 1. The molecule has 0 fully saturated rings. The molecule has 2 aromatic carbocycles. The van der Waals surface area contributed by atoms with Gasteiger partial charge in [0.2, 0.25) is 11.1 Å². The SMILES string of the molecule is Br.NCCc1cc[nH]c(=O)c1.O=C1OC(=O)c2ccccc21.O=C1c2ccccc2C(=O)N1CCc1cc[nH]c(=O)c1. The number of benzene rings is 2. The molecule has 216 valence electrons. The number of carbonyl (C=O) groups excluding carboxylic acids is 4. The molecular formula is C30H27BrN4O7. The molecule has 0 atom stereocenters. The maximum atomic E-state index is 12.1. The second kappa shape index (κ2) is 14.6. The van der Waals surface area contributed by atoms with E-state index in [9.17, 15) is 28.8 Å². The Morgan fingerprint density at radius 3 is 1.48 bits per heavy atom. The molecule has 11 nitrogen and oxygen atoms in total. The van der Waals surface area contributed by atoms with Crippen molar-refractivity contribution in [1.82, 2.24) is 14.9 Å². The van der Waals surface area contributed by atoms with E-state index in [2.05, 4.69) is 14.7 Å². The third-order valence-corrected chi connectivity index (χ3v) is 6.17. The average Bonchev–Trinajstić information content (AvgIpc) is 3.40. The summed E-state index contributed by atoms with van der Waals surface area (Å²) in [4.78, 5) is 74.1. The van der Waals surface area contributed by atoms with Crippen molar-refractivity contribution in [3.63, 3.8) is 0 Å². The predicted octanol–water partition coefficient (Wildman–Crippen LogP) is 2.66.